The molecule has 0 N–H and O–H groups in total. The zero-order chi connectivity index (χ0) is 10.3. The third-order valence-electron chi connectivity index (χ3n) is 1.13. The Labute approximate surface area is 92.8 Å². The first-order chi connectivity index (χ1) is 5.95. The summed E-state index contributed by atoms with van der Waals surface area (Å²) in [6.45, 7) is 2.15. The summed E-state index contributed by atoms with van der Waals surface area (Å²) in [5.41, 5.74) is 0. The number of carbonyl (C=O) groups excluding carboxylic acids is 1. The minimum Gasteiger partial charge on any atom is -0.466 e. The monoisotopic (exact) mass is 244 g/mol. The predicted molar refractivity (Wildman–Crippen MR) is 55.3 cm³/mol. The molecule has 0 unspecified atom stereocenters. The zero-order valence-corrected chi connectivity index (χ0v) is 9.49. The second kappa shape index (κ2) is 6.52. The van der Waals surface area contributed by atoms with Gasteiger partial charge in [0.15, 0.2) is 0 Å². The quantitative estimate of drug-likeness (QED) is 0.432. The molecule has 13 heavy (non-hydrogen) atoms. The zero-order valence-electron chi connectivity index (χ0n) is 7.23. The molecule has 0 heterocycles. The van der Waals surface area contributed by atoms with E-state index in [4.69, 9.17) is 39.5 Å². The number of ether oxygens (including phenoxy) is 1. The van der Waals surface area contributed by atoms with Crippen molar-refractivity contribution in [2.24, 2.45) is 0 Å². The first-order valence-corrected chi connectivity index (χ1v) is 4.99. The number of allylic oxidation sites excluding steroid dienone is 2. The van der Waals surface area contributed by atoms with Crippen molar-refractivity contribution >= 4 is 40.8 Å². The van der Waals surface area contributed by atoms with Crippen molar-refractivity contribution in [1.29, 1.82) is 0 Å². The van der Waals surface area contributed by atoms with Crippen LogP contribution in [0, 0.1) is 0 Å². The average molecular weight is 246 g/mol. The van der Waals surface area contributed by atoms with E-state index in [-0.39, 0.29) is 5.97 Å². The van der Waals surface area contributed by atoms with E-state index in [0.29, 0.717) is 19.4 Å². The standard InChI is InChI=1S/C8H11Cl3O2/c1-2-13-7(12)5-3-4-6-8(9,10)11/h4,6H,2-3,5H2,1H3/b6-4+. The second-order valence-corrected chi connectivity index (χ2v) is 4.66. The largest absolute Gasteiger partial charge is 0.466 e. The van der Waals surface area contributed by atoms with E-state index >= 15 is 0 Å². The molecule has 0 atom stereocenters. The van der Waals surface area contributed by atoms with Crippen LogP contribution in [0.25, 0.3) is 0 Å². The van der Waals surface area contributed by atoms with Gasteiger partial charge < -0.3 is 4.74 Å². The van der Waals surface area contributed by atoms with Crippen LogP contribution in [0.5, 0.6) is 0 Å². The highest BCUT2D eigenvalue weighted by atomic mass is 35.6. The van der Waals surface area contributed by atoms with Gasteiger partial charge in [-0.1, -0.05) is 40.9 Å². The van der Waals surface area contributed by atoms with Crippen molar-refractivity contribution in [2.45, 2.75) is 23.6 Å². The highest BCUT2D eigenvalue weighted by molar-refractivity contribution is 6.68. The molecule has 0 amide bonds. The first kappa shape index (κ1) is 13.1. The van der Waals surface area contributed by atoms with Gasteiger partial charge in [0.05, 0.1) is 6.61 Å². The van der Waals surface area contributed by atoms with Gasteiger partial charge in [0.1, 0.15) is 0 Å². The summed E-state index contributed by atoms with van der Waals surface area (Å²) >= 11 is 16.3. The highest BCUT2D eigenvalue weighted by Gasteiger charge is 2.13. The van der Waals surface area contributed by atoms with Gasteiger partial charge in [-0.15, -0.1) is 0 Å². The van der Waals surface area contributed by atoms with Crippen molar-refractivity contribution in [3.05, 3.63) is 12.2 Å². The fraction of sp³-hybridized carbons (Fsp3) is 0.625. The summed E-state index contributed by atoms with van der Waals surface area (Å²) in [7, 11) is 0. The van der Waals surface area contributed by atoms with E-state index in [2.05, 4.69) is 0 Å². The maximum absolute atomic E-state index is 10.8. The van der Waals surface area contributed by atoms with Gasteiger partial charge in [0.2, 0.25) is 3.79 Å². The second-order valence-electron chi connectivity index (χ2n) is 2.29. The van der Waals surface area contributed by atoms with Gasteiger partial charge in [-0.05, 0) is 19.4 Å². The number of hydrogen-bond acceptors (Lipinski definition) is 2. The van der Waals surface area contributed by atoms with Crippen molar-refractivity contribution in [2.75, 3.05) is 6.61 Å². The Morgan fingerprint density at radius 2 is 2.08 bits per heavy atom. The first-order valence-electron chi connectivity index (χ1n) is 3.85. The van der Waals surface area contributed by atoms with Gasteiger partial charge in [0, 0.05) is 6.42 Å². The molecule has 0 aliphatic rings. The molecular weight excluding hydrogens is 234 g/mol. The molecule has 0 spiro atoms. The van der Waals surface area contributed by atoms with Crippen LogP contribution in [-0.4, -0.2) is 16.4 Å². The van der Waals surface area contributed by atoms with Crippen LogP contribution in [0.15, 0.2) is 12.2 Å². The molecule has 0 saturated heterocycles. The Kier molecular flexibility index (Phi) is 6.56. The summed E-state index contributed by atoms with van der Waals surface area (Å²) in [5, 5.41) is 0. The lowest BCUT2D eigenvalue weighted by atomic mass is 10.3. The third kappa shape index (κ3) is 10.00. The van der Waals surface area contributed by atoms with Crippen molar-refractivity contribution in [3.63, 3.8) is 0 Å². The maximum atomic E-state index is 10.8. The maximum Gasteiger partial charge on any atom is 0.306 e. The van der Waals surface area contributed by atoms with Crippen LogP contribution in [0.4, 0.5) is 0 Å². The Balaban J connectivity index is 3.56. The van der Waals surface area contributed by atoms with Crippen molar-refractivity contribution < 1.29 is 9.53 Å². The molecule has 0 aromatic rings. The van der Waals surface area contributed by atoms with E-state index in [0.717, 1.165) is 0 Å². The Morgan fingerprint density at radius 1 is 1.46 bits per heavy atom. The number of hydrogen-bond donors (Lipinski definition) is 0. The number of esters is 1. The molecule has 0 aliphatic carbocycles. The normalized spacial score (nSPS) is 12.0. The Morgan fingerprint density at radius 3 is 2.54 bits per heavy atom. The third-order valence-corrected chi connectivity index (χ3v) is 1.51. The molecule has 0 rings (SSSR count). The van der Waals surface area contributed by atoms with Crippen LogP contribution in [0.3, 0.4) is 0 Å². The van der Waals surface area contributed by atoms with Gasteiger partial charge in [-0.25, -0.2) is 0 Å². The fourth-order valence-electron chi connectivity index (χ4n) is 0.651. The molecular formula is C8H11Cl3O2. The molecule has 0 aromatic carbocycles. The van der Waals surface area contributed by atoms with Gasteiger partial charge in [0.25, 0.3) is 0 Å². The number of rotatable bonds is 4. The molecule has 0 bridgehead atoms. The van der Waals surface area contributed by atoms with Gasteiger partial charge in [-0.3, -0.25) is 4.79 Å². The van der Waals surface area contributed by atoms with Crippen LogP contribution in [-0.2, 0) is 9.53 Å². The van der Waals surface area contributed by atoms with E-state index in [9.17, 15) is 4.79 Å². The minimum atomic E-state index is -1.38. The fourth-order valence-corrected chi connectivity index (χ4v) is 0.919. The SMILES string of the molecule is CCOC(=O)CC/C=C/C(Cl)(Cl)Cl. The Bertz CT molecular complexity index is 184. The molecule has 0 aromatic heterocycles. The van der Waals surface area contributed by atoms with E-state index in [1.165, 1.54) is 6.08 Å². The summed E-state index contributed by atoms with van der Waals surface area (Å²) in [5.74, 6) is -0.239. The Hall–Kier alpha value is 0.0800. The summed E-state index contributed by atoms with van der Waals surface area (Å²) in [6.07, 6.45) is 3.89. The smallest absolute Gasteiger partial charge is 0.306 e. The number of halogens is 3. The molecule has 0 saturated carbocycles. The summed E-state index contributed by atoms with van der Waals surface area (Å²) in [6, 6.07) is 0. The molecule has 2 nitrogen and oxygen atoms in total. The lowest BCUT2D eigenvalue weighted by Crippen LogP contribution is -2.02. The number of carbonyl (C=O) groups is 1. The molecule has 0 fully saturated rings. The van der Waals surface area contributed by atoms with Crippen molar-refractivity contribution in [1.82, 2.24) is 0 Å². The van der Waals surface area contributed by atoms with Crippen LogP contribution < -0.4 is 0 Å². The molecule has 76 valence electrons. The van der Waals surface area contributed by atoms with Crippen LogP contribution >= 0.6 is 34.8 Å². The molecule has 0 radical (unpaired) electrons. The van der Waals surface area contributed by atoms with E-state index in [1.54, 1.807) is 13.0 Å². The van der Waals surface area contributed by atoms with Gasteiger partial charge in [-0.2, -0.15) is 0 Å². The molecule has 5 heteroatoms. The highest BCUT2D eigenvalue weighted by Crippen LogP contribution is 2.27. The van der Waals surface area contributed by atoms with E-state index < -0.39 is 3.79 Å². The van der Waals surface area contributed by atoms with Crippen LogP contribution in [0.1, 0.15) is 19.8 Å². The topological polar surface area (TPSA) is 26.3 Å². The average Bonchev–Trinajstić information content (AvgIpc) is 1.97. The van der Waals surface area contributed by atoms with Crippen LogP contribution in [0.2, 0.25) is 0 Å². The molecule has 0 aliphatic heterocycles. The number of alkyl halides is 3. The minimum absolute atomic E-state index is 0.239. The summed E-state index contributed by atoms with van der Waals surface area (Å²) in [4.78, 5) is 10.8. The summed E-state index contributed by atoms with van der Waals surface area (Å²) < 4.78 is 3.32. The van der Waals surface area contributed by atoms with Crippen molar-refractivity contribution in [3.8, 4) is 0 Å². The lowest BCUT2D eigenvalue weighted by Gasteiger charge is -2.02. The predicted octanol–water partition coefficient (Wildman–Crippen LogP) is 3.26. The van der Waals surface area contributed by atoms with E-state index in [1.807, 2.05) is 0 Å². The lowest BCUT2D eigenvalue weighted by molar-refractivity contribution is -0.142. The van der Waals surface area contributed by atoms with Gasteiger partial charge >= 0.3 is 5.97 Å².